The second-order valence-corrected chi connectivity index (χ2v) is 4.58. The van der Waals surface area contributed by atoms with E-state index in [1.165, 1.54) is 5.56 Å². The fourth-order valence-corrected chi connectivity index (χ4v) is 1.86. The first-order chi connectivity index (χ1) is 9.10. The fourth-order valence-electron chi connectivity index (χ4n) is 1.86. The van der Waals surface area contributed by atoms with E-state index in [0.717, 1.165) is 23.0 Å². The van der Waals surface area contributed by atoms with Crippen LogP contribution in [0.4, 0.5) is 5.82 Å². The molecular formula is C15H19N3O. The Labute approximate surface area is 113 Å². The zero-order valence-electron chi connectivity index (χ0n) is 11.8. The third-order valence-corrected chi connectivity index (χ3v) is 3.04. The molecule has 1 aromatic carbocycles. The molecule has 0 saturated heterocycles. The highest BCUT2D eigenvalue weighted by Crippen LogP contribution is 2.21. The predicted molar refractivity (Wildman–Crippen MR) is 76.5 cm³/mol. The normalized spacial score (nSPS) is 12.0. The molecule has 0 bridgehead atoms. The molecule has 0 aliphatic rings. The smallest absolute Gasteiger partial charge is 0.148 e. The number of ether oxygens (including phenoxy) is 1. The quantitative estimate of drug-likeness (QED) is 0.913. The van der Waals surface area contributed by atoms with E-state index in [2.05, 4.69) is 34.3 Å². The van der Waals surface area contributed by atoms with Gasteiger partial charge in [-0.15, -0.1) is 0 Å². The molecule has 0 amide bonds. The number of benzene rings is 1. The Morgan fingerprint density at radius 1 is 1.16 bits per heavy atom. The second kappa shape index (κ2) is 5.69. The maximum atomic E-state index is 5.16. The SMILES string of the molecule is COc1ccc(C(C)Nc2nc(C)cnc2C)cc1. The second-order valence-electron chi connectivity index (χ2n) is 4.58. The van der Waals surface area contributed by atoms with E-state index in [4.69, 9.17) is 4.74 Å². The summed E-state index contributed by atoms with van der Waals surface area (Å²) in [6.45, 7) is 6.00. The Kier molecular flexibility index (Phi) is 4.00. The molecule has 0 aliphatic heterocycles. The van der Waals surface area contributed by atoms with Gasteiger partial charge in [0.1, 0.15) is 11.6 Å². The molecule has 0 fully saturated rings. The molecule has 0 aliphatic carbocycles. The van der Waals surface area contributed by atoms with Crippen molar-refractivity contribution >= 4 is 5.82 Å². The lowest BCUT2D eigenvalue weighted by atomic mass is 10.1. The minimum Gasteiger partial charge on any atom is -0.497 e. The molecule has 1 atom stereocenters. The van der Waals surface area contributed by atoms with E-state index in [9.17, 15) is 0 Å². The average molecular weight is 257 g/mol. The highest BCUT2D eigenvalue weighted by atomic mass is 16.5. The van der Waals surface area contributed by atoms with Crippen molar-refractivity contribution in [2.75, 3.05) is 12.4 Å². The van der Waals surface area contributed by atoms with Crippen molar-refractivity contribution in [3.8, 4) is 5.75 Å². The lowest BCUT2D eigenvalue weighted by molar-refractivity contribution is 0.414. The van der Waals surface area contributed by atoms with Crippen LogP contribution in [0.1, 0.15) is 29.9 Å². The van der Waals surface area contributed by atoms with Crippen LogP contribution in [0, 0.1) is 13.8 Å². The average Bonchev–Trinajstić information content (AvgIpc) is 2.43. The molecule has 0 spiro atoms. The van der Waals surface area contributed by atoms with Gasteiger partial charge in [0.2, 0.25) is 0 Å². The van der Waals surface area contributed by atoms with Gasteiger partial charge in [-0.05, 0) is 38.5 Å². The summed E-state index contributed by atoms with van der Waals surface area (Å²) in [7, 11) is 1.67. The summed E-state index contributed by atoms with van der Waals surface area (Å²) in [5.74, 6) is 1.70. The number of nitrogens with one attached hydrogen (secondary N) is 1. The van der Waals surface area contributed by atoms with Gasteiger partial charge in [-0.3, -0.25) is 4.98 Å². The van der Waals surface area contributed by atoms with Gasteiger partial charge in [0.15, 0.2) is 0 Å². The van der Waals surface area contributed by atoms with Gasteiger partial charge in [0, 0.05) is 6.20 Å². The van der Waals surface area contributed by atoms with Gasteiger partial charge in [0.25, 0.3) is 0 Å². The largest absolute Gasteiger partial charge is 0.497 e. The first-order valence-corrected chi connectivity index (χ1v) is 6.31. The maximum Gasteiger partial charge on any atom is 0.148 e. The maximum absolute atomic E-state index is 5.16. The summed E-state index contributed by atoms with van der Waals surface area (Å²) < 4.78 is 5.16. The van der Waals surface area contributed by atoms with Gasteiger partial charge in [-0.25, -0.2) is 4.98 Å². The van der Waals surface area contributed by atoms with Crippen LogP contribution in [0.15, 0.2) is 30.5 Å². The van der Waals surface area contributed by atoms with E-state index >= 15 is 0 Å². The molecule has 0 saturated carbocycles. The summed E-state index contributed by atoms with van der Waals surface area (Å²) >= 11 is 0. The number of aryl methyl sites for hydroxylation is 2. The number of anilines is 1. The van der Waals surface area contributed by atoms with Crippen molar-refractivity contribution in [2.24, 2.45) is 0 Å². The molecule has 1 heterocycles. The molecule has 2 rings (SSSR count). The van der Waals surface area contributed by atoms with E-state index < -0.39 is 0 Å². The summed E-state index contributed by atoms with van der Waals surface area (Å²) in [6.07, 6.45) is 1.78. The fraction of sp³-hybridized carbons (Fsp3) is 0.333. The molecule has 19 heavy (non-hydrogen) atoms. The standard InChI is InChI=1S/C15H19N3O/c1-10-9-16-12(3)15(17-10)18-11(2)13-5-7-14(19-4)8-6-13/h5-9,11H,1-4H3,(H,17,18). The predicted octanol–water partition coefficient (Wildman–Crippen LogP) is 3.28. The minimum atomic E-state index is 0.167. The van der Waals surface area contributed by atoms with Crippen LogP contribution in [0.25, 0.3) is 0 Å². The van der Waals surface area contributed by atoms with Crippen LogP contribution >= 0.6 is 0 Å². The molecule has 2 aromatic rings. The number of hydrogen-bond acceptors (Lipinski definition) is 4. The summed E-state index contributed by atoms with van der Waals surface area (Å²) in [5.41, 5.74) is 3.00. The van der Waals surface area contributed by atoms with Gasteiger partial charge in [0.05, 0.1) is 24.5 Å². The number of methoxy groups -OCH3 is 1. The molecule has 0 radical (unpaired) electrons. The Morgan fingerprint density at radius 2 is 1.84 bits per heavy atom. The van der Waals surface area contributed by atoms with Crippen molar-refractivity contribution in [1.29, 1.82) is 0 Å². The Balaban J connectivity index is 2.15. The van der Waals surface area contributed by atoms with Crippen LogP contribution in [-0.2, 0) is 0 Å². The first kappa shape index (κ1) is 13.3. The molecular weight excluding hydrogens is 238 g/mol. The van der Waals surface area contributed by atoms with Crippen molar-refractivity contribution in [1.82, 2.24) is 9.97 Å². The van der Waals surface area contributed by atoms with Crippen LogP contribution < -0.4 is 10.1 Å². The molecule has 1 N–H and O–H groups in total. The van der Waals surface area contributed by atoms with E-state index in [0.29, 0.717) is 0 Å². The topological polar surface area (TPSA) is 47.0 Å². The van der Waals surface area contributed by atoms with Crippen LogP contribution in [0.2, 0.25) is 0 Å². The number of aromatic nitrogens is 2. The molecule has 1 unspecified atom stereocenters. The Morgan fingerprint density at radius 3 is 2.47 bits per heavy atom. The van der Waals surface area contributed by atoms with E-state index in [1.807, 2.05) is 26.0 Å². The van der Waals surface area contributed by atoms with Gasteiger partial charge < -0.3 is 10.1 Å². The van der Waals surface area contributed by atoms with Gasteiger partial charge in [-0.2, -0.15) is 0 Å². The first-order valence-electron chi connectivity index (χ1n) is 6.31. The van der Waals surface area contributed by atoms with Crippen molar-refractivity contribution in [3.05, 3.63) is 47.4 Å². The van der Waals surface area contributed by atoms with Gasteiger partial charge in [-0.1, -0.05) is 12.1 Å². The highest BCUT2D eigenvalue weighted by molar-refractivity contribution is 5.43. The third kappa shape index (κ3) is 3.22. The minimum absolute atomic E-state index is 0.167. The van der Waals surface area contributed by atoms with Gasteiger partial charge >= 0.3 is 0 Å². The Hall–Kier alpha value is -2.10. The summed E-state index contributed by atoms with van der Waals surface area (Å²) in [5, 5.41) is 3.39. The van der Waals surface area contributed by atoms with Crippen molar-refractivity contribution in [2.45, 2.75) is 26.8 Å². The number of hydrogen-bond donors (Lipinski definition) is 1. The molecule has 4 heteroatoms. The van der Waals surface area contributed by atoms with Crippen molar-refractivity contribution < 1.29 is 4.74 Å². The van der Waals surface area contributed by atoms with E-state index in [-0.39, 0.29) is 6.04 Å². The van der Waals surface area contributed by atoms with Crippen LogP contribution in [0.5, 0.6) is 5.75 Å². The molecule has 1 aromatic heterocycles. The van der Waals surface area contributed by atoms with Crippen LogP contribution in [-0.4, -0.2) is 17.1 Å². The summed E-state index contributed by atoms with van der Waals surface area (Å²) in [6, 6.07) is 8.19. The monoisotopic (exact) mass is 257 g/mol. The number of nitrogens with zero attached hydrogens (tertiary/aromatic N) is 2. The van der Waals surface area contributed by atoms with Crippen LogP contribution in [0.3, 0.4) is 0 Å². The lowest BCUT2D eigenvalue weighted by Crippen LogP contribution is -2.10. The Bertz CT molecular complexity index is 552. The molecule has 100 valence electrons. The zero-order valence-corrected chi connectivity index (χ0v) is 11.8. The van der Waals surface area contributed by atoms with Crippen molar-refractivity contribution in [3.63, 3.8) is 0 Å². The highest BCUT2D eigenvalue weighted by Gasteiger charge is 2.09. The lowest BCUT2D eigenvalue weighted by Gasteiger charge is -2.16. The van der Waals surface area contributed by atoms with E-state index in [1.54, 1.807) is 13.3 Å². The zero-order chi connectivity index (χ0) is 13.8. The third-order valence-electron chi connectivity index (χ3n) is 3.04. The molecule has 4 nitrogen and oxygen atoms in total. The number of rotatable bonds is 4. The summed E-state index contributed by atoms with van der Waals surface area (Å²) in [4.78, 5) is 8.78.